The van der Waals surface area contributed by atoms with Crippen molar-refractivity contribution in [1.82, 2.24) is 9.62 Å². The van der Waals surface area contributed by atoms with Gasteiger partial charge in [-0.05, 0) is 42.2 Å². The second-order valence-corrected chi connectivity index (χ2v) is 10.9. The normalized spacial score (nSPS) is 14.4. The molecule has 0 fully saturated rings. The fourth-order valence-corrected chi connectivity index (χ4v) is 5.41. The average molecular weight is 538 g/mol. The lowest BCUT2D eigenvalue weighted by Crippen LogP contribution is -2.50. The summed E-state index contributed by atoms with van der Waals surface area (Å²) in [5, 5.41) is 22.6. The Bertz CT molecular complexity index is 1200. The fraction of sp³-hybridized carbons (Fsp3) is 0.417. The molecule has 0 spiro atoms. The van der Waals surface area contributed by atoms with Crippen LogP contribution in [0.4, 0.5) is 4.79 Å². The Morgan fingerprint density at radius 3 is 2.41 bits per heavy atom. The number of carbonyl (C=O) groups excluding carboxylic acids is 1. The van der Waals surface area contributed by atoms with Gasteiger partial charge in [0.2, 0.25) is 16.8 Å². The maximum absolute atomic E-state index is 13.5. The lowest BCUT2D eigenvalue weighted by molar-refractivity contribution is -0.119. The van der Waals surface area contributed by atoms with E-state index in [1.54, 1.807) is 24.3 Å². The quantitative estimate of drug-likeness (QED) is 0.292. The smallest absolute Gasteiger partial charge is 0.404 e. The highest BCUT2D eigenvalue weighted by Crippen LogP contribution is 2.34. The van der Waals surface area contributed by atoms with Crippen molar-refractivity contribution in [1.29, 1.82) is 0 Å². The standard InChI is InChI=1S/C24H31N3O9S/c1-15(2)11-27(37(32,33)18-7-8-21-22(10-18)36-14-35-21)12-20(28)19(26-24(30)31)9-16-3-5-17(6-4-16)34-13-23(25)29/h3-8,10,15,19-20,26,28H,9,11-14H2,1-2H3,(H2,25,29)(H,30,31)/t19-,20+/m0/s1. The van der Waals surface area contributed by atoms with Gasteiger partial charge in [-0.1, -0.05) is 26.0 Å². The number of aliphatic hydroxyl groups excluding tert-OH is 1. The molecule has 0 aromatic heterocycles. The molecule has 1 aliphatic heterocycles. The third kappa shape index (κ3) is 7.71. The first-order chi connectivity index (χ1) is 17.5. The minimum absolute atomic E-state index is 0.00591. The second-order valence-electron chi connectivity index (χ2n) is 8.96. The minimum atomic E-state index is -4.06. The van der Waals surface area contributed by atoms with Crippen LogP contribution in [-0.4, -0.2) is 73.6 Å². The van der Waals surface area contributed by atoms with Crippen LogP contribution in [0.5, 0.6) is 17.2 Å². The van der Waals surface area contributed by atoms with Crippen molar-refractivity contribution in [3.8, 4) is 17.2 Å². The molecule has 2 amide bonds. The number of primary amides is 1. The molecule has 0 unspecified atom stereocenters. The second kappa shape index (κ2) is 12.1. The van der Waals surface area contributed by atoms with E-state index < -0.39 is 34.2 Å². The molecule has 2 aromatic rings. The van der Waals surface area contributed by atoms with Crippen LogP contribution in [0.15, 0.2) is 47.4 Å². The van der Waals surface area contributed by atoms with Gasteiger partial charge in [-0.15, -0.1) is 0 Å². The Balaban J connectivity index is 1.79. The molecule has 0 saturated heterocycles. The zero-order valence-electron chi connectivity index (χ0n) is 20.5. The van der Waals surface area contributed by atoms with Gasteiger partial charge >= 0.3 is 6.09 Å². The van der Waals surface area contributed by atoms with Crippen LogP contribution >= 0.6 is 0 Å². The van der Waals surface area contributed by atoms with E-state index in [1.807, 2.05) is 13.8 Å². The molecule has 0 bridgehead atoms. The Kier molecular flexibility index (Phi) is 9.18. The van der Waals surface area contributed by atoms with E-state index in [1.165, 1.54) is 18.2 Å². The number of carbonyl (C=O) groups is 2. The highest BCUT2D eigenvalue weighted by molar-refractivity contribution is 7.89. The topological polar surface area (TPSA) is 178 Å². The monoisotopic (exact) mass is 537 g/mol. The first-order valence-electron chi connectivity index (χ1n) is 11.5. The lowest BCUT2D eigenvalue weighted by Gasteiger charge is -2.30. The Morgan fingerprint density at radius 2 is 1.78 bits per heavy atom. The summed E-state index contributed by atoms with van der Waals surface area (Å²) in [6.07, 6.45) is -2.66. The number of aliphatic hydroxyl groups is 1. The number of sulfonamides is 1. The van der Waals surface area contributed by atoms with Gasteiger partial charge in [0.15, 0.2) is 18.1 Å². The van der Waals surface area contributed by atoms with Crippen LogP contribution in [0.25, 0.3) is 0 Å². The van der Waals surface area contributed by atoms with Crippen LogP contribution in [0.1, 0.15) is 19.4 Å². The number of carboxylic acid groups (broad SMARTS) is 1. The van der Waals surface area contributed by atoms with Crippen molar-refractivity contribution in [2.75, 3.05) is 26.5 Å². The molecule has 12 nitrogen and oxygen atoms in total. The third-order valence-electron chi connectivity index (χ3n) is 5.47. The molecule has 2 atom stereocenters. The molecule has 2 aromatic carbocycles. The lowest BCUT2D eigenvalue weighted by atomic mass is 10.0. The van der Waals surface area contributed by atoms with Gasteiger partial charge in [-0.2, -0.15) is 4.31 Å². The van der Waals surface area contributed by atoms with Gasteiger partial charge in [0.05, 0.1) is 17.0 Å². The van der Waals surface area contributed by atoms with Gasteiger partial charge in [0.1, 0.15) is 5.75 Å². The van der Waals surface area contributed by atoms with Gasteiger partial charge in [-0.3, -0.25) is 4.79 Å². The number of benzene rings is 2. The molecule has 0 saturated carbocycles. The summed E-state index contributed by atoms with van der Waals surface area (Å²) in [6.45, 7) is 3.13. The van der Waals surface area contributed by atoms with E-state index in [2.05, 4.69) is 5.32 Å². The predicted octanol–water partition coefficient (Wildman–Crippen LogP) is 1.17. The summed E-state index contributed by atoms with van der Waals surface area (Å²) in [6, 6.07) is 9.71. The third-order valence-corrected chi connectivity index (χ3v) is 7.30. The zero-order chi connectivity index (χ0) is 27.2. The number of nitrogens with one attached hydrogen (secondary N) is 1. The minimum Gasteiger partial charge on any atom is -0.484 e. The van der Waals surface area contributed by atoms with Gasteiger partial charge in [0.25, 0.3) is 5.91 Å². The molecule has 0 radical (unpaired) electrons. The Morgan fingerprint density at radius 1 is 1.11 bits per heavy atom. The van der Waals surface area contributed by atoms with E-state index in [0.29, 0.717) is 22.8 Å². The van der Waals surface area contributed by atoms with Crippen LogP contribution in [0, 0.1) is 5.92 Å². The van der Waals surface area contributed by atoms with Crippen molar-refractivity contribution < 1.29 is 42.4 Å². The molecule has 202 valence electrons. The number of amides is 2. The van der Waals surface area contributed by atoms with E-state index >= 15 is 0 Å². The maximum Gasteiger partial charge on any atom is 0.404 e. The molecule has 1 aliphatic rings. The molecule has 0 aliphatic carbocycles. The van der Waals surface area contributed by atoms with Crippen molar-refractivity contribution in [3.63, 3.8) is 0 Å². The summed E-state index contributed by atoms with van der Waals surface area (Å²) >= 11 is 0. The van der Waals surface area contributed by atoms with Crippen LogP contribution < -0.4 is 25.3 Å². The summed E-state index contributed by atoms with van der Waals surface area (Å²) in [5.41, 5.74) is 5.71. The molecular weight excluding hydrogens is 506 g/mol. The Labute approximate surface area is 215 Å². The van der Waals surface area contributed by atoms with Gasteiger partial charge < -0.3 is 35.5 Å². The highest BCUT2D eigenvalue weighted by atomic mass is 32.2. The molecular formula is C24H31N3O9S. The number of rotatable bonds is 13. The SMILES string of the molecule is CC(C)CN(C[C@@H](O)[C@H](Cc1ccc(OCC(N)=O)cc1)NC(=O)O)S(=O)(=O)c1ccc2c(c1)OCO2. The van der Waals surface area contributed by atoms with Crippen LogP contribution in [0.2, 0.25) is 0 Å². The predicted molar refractivity (Wildman–Crippen MR) is 132 cm³/mol. The molecule has 13 heteroatoms. The molecule has 3 rings (SSSR count). The average Bonchev–Trinajstić information content (AvgIpc) is 3.30. The van der Waals surface area contributed by atoms with E-state index in [0.717, 1.165) is 4.31 Å². The van der Waals surface area contributed by atoms with E-state index in [4.69, 9.17) is 19.9 Å². The summed E-state index contributed by atoms with van der Waals surface area (Å²) in [4.78, 5) is 22.3. The van der Waals surface area contributed by atoms with Crippen molar-refractivity contribution >= 4 is 22.0 Å². The number of fused-ring (bicyclic) bond motifs is 1. The number of nitrogens with zero attached hydrogens (tertiary/aromatic N) is 1. The van der Waals surface area contributed by atoms with Gasteiger partial charge in [-0.25, -0.2) is 13.2 Å². The largest absolute Gasteiger partial charge is 0.484 e. The molecule has 5 N–H and O–H groups in total. The van der Waals surface area contributed by atoms with Crippen molar-refractivity contribution in [2.24, 2.45) is 11.7 Å². The van der Waals surface area contributed by atoms with Crippen LogP contribution in [-0.2, 0) is 21.2 Å². The molecule has 1 heterocycles. The van der Waals surface area contributed by atoms with E-state index in [-0.39, 0.29) is 43.7 Å². The van der Waals surface area contributed by atoms with Gasteiger partial charge in [0, 0.05) is 19.2 Å². The summed E-state index contributed by atoms with van der Waals surface area (Å²) in [5.74, 6) is 0.434. The molecule has 37 heavy (non-hydrogen) atoms. The fourth-order valence-electron chi connectivity index (χ4n) is 3.77. The number of hydrogen-bond donors (Lipinski definition) is 4. The maximum atomic E-state index is 13.5. The summed E-state index contributed by atoms with van der Waals surface area (Å²) < 4.78 is 43.9. The number of ether oxygens (including phenoxy) is 3. The van der Waals surface area contributed by atoms with Crippen molar-refractivity contribution in [3.05, 3.63) is 48.0 Å². The zero-order valence-corrected chi connectivity index (χ0v) is 21.3. The summed E-state index contributed by atoms with van der Waals surface area (Å²) in [7, 11) is -4.06. The number of hydrogen-bond acceptors (Lipinski definition) is 8. The van der Waals surface area contributed by atoms with Crippen LogP contribution in [0.3, 0.4) is 0 Å². The van der Waals surface area contributed by atoms with Crippen molar-refractivity contribution in [2.45, 2.75) is 37.3 Å². The Hall–Kier alpha value is -3.55. The number of nitrogens with two attached hydrogens (primary N) is 1. The first kappa shape index (κ1) is 28.0. The first-order valence-corrected chi connectivity index (χ1v) is 13.0. The highest BCUT2D eigenvalue weighted by Gasteiger charge is 2.32. The van der Waals surface area contributed by atoms with E-state index in [9.17, 15) is 28.2 Å².